The highest BCUT2D eigenvalue weighted by molar-refractivity contribution is 9.10. The van der Waals surface area contributed by atoms with Gasteiger partial charge in [0.15, 0.2) is 0 Å². The fourth-order valence-electron chi connectivity index (χ4n) is 2.23. The van der Waals surface area contributed by atoms with Crippen molar-refractivity contribution in [3.05, 3.63) is 38.7 Å². The van der Waals surface area contributed by atoms with E-state index in [0.29, 0.717) is 16.7 Å². The van der Waals surface area contributed by atoms with E-state index in [1.807, 2.05) is 0 Å². The summed E-state index contributed by atoms with van der Waals surface area (Å²) in [6, 6.07) is 4.75. The van der Waals surface area contributed by atoms with Gasteiger partial charge in [-0.15, -0.1) is 0 Å². The lowest BCUT2D eigenvalue weighted by Crippen LogP contribution is -2.27. The SMILES string of the molecule is [N-]=[N+]=NCC1CC(=O)N(c2c(Br)cccc2C(=O)O)C1. The number of hydrogen-bond acceptors (Lipinski definition) is 3. The number of halogens is 1. The van der Waals surface area contributed by atoms with Gasteiger partial charge in [0.1, 0.15) is 0 Å². The Morgan fingerprint density at radius 1 is 1.60 bits per heavy atom. The Balaban J connectivity index is 2.35. The summed E-state index contributed by atoms with van der Waals surface area (Å²) in [5.74, 6) is -1.35. The summed E-state index contributed by atoms with van der Waals surface area (Å²) in [6.45, 7) is 0.576. The van der Waals surface area contributed by atoms with Gasteiger partial charge in [0.05, 0.1) is 11.3 Å². The lowest BCUT2D eigenvalue weighted by molar-refractivity contribution is -0.117. The van der Waals surface area contributed by atoms with Crippen molar-refractivity contribution in [2.45, 2.75) is 6.42 Å². The fourth-order valence-corrected chi connectivity index (χ4v) is 2.81. The van der Waals surface area contributed by atoms with Gasteiger partial charge in [0, 0.05) is 28.9 Å². The highest BCUT2D eigenvalue weighted by Crippen LogP contribution is 2.34. The molecule has 1 heterocycles. The van der Waals surface area contributed by atoms with E-state index in [-0.39, 0.29) is 30.4 Å². The van der Waals surface area contributed by atoms with Crippen LogP contribution in [0.1, 0.15) is 16.8 Å². The van der Waals surface area contributed by atoms with Crippen molar-refractivity contribution in [3.63, 3.8) is 0 Å². The molecule has 1 amide bonds. The van der Waals surface area contributed by atoms with Crippen LogP contribution in [-0.4, -0.2) is 30.1 Å². The molecule has 0 radical (unpaired) electrons. The molecule has 1 aliphatic heterocycles. The normalized spacial score (nSPS) is 17.9. The fraction of sp³-hybridized carbons (Fsp3) is 0.333. The van der Waals surface area contributed by atoms with Crippen LogP contribution in [0.5, 0.6) is 0 Å². The maximum absolute atomic E-state index is 12.1. The molecule has 1 aromatic rings. The number of nitrogens with zero attached hydrogens (tertiary/aromatic N) is 4. The monoisotopic (exact) mass is 338 g/mol. The molecule has 1 unspecified atom stereocenters. The number of carboxylic acids is 1. The molecule has 1 aliphatic rings. The number of carboxylic acid groups (broad SMARTS) is 1. The van der Waals surface area contributed by atoms with Crippen molar-refractivity contribution >= 4 is 33.5 Å². The maximum atomic E-state index is 12.1. The average Bonchev–Trinajstić information content (AvgIpc) is 2.77. The van der Waals surface area contributed by atoms with Crippen molar-refractivity contribution < 1.29 is 14.7 Å². The van der Waals surface area contributed by atoms with Crippen LogP contribution in [0, 0.1) is 5.92 Å². The van der Waals surface area contributed by atoms with Crippen LogP contribution in [-0.2, 0) is 4.79 Å². The first kappa shape index (κ1) is 14.4. The highest BCUT2D eigenvalue weighted by atomic mass is 79.9. The highest BCUT2D eigenvalue weighted by Gasteiger charge is 2.33. The molecule has 7 nitrogen and oxygen atoms in total. The van der Waals surface area contributed by atoms with Crippen LogP contribution in [0.25, 0.3) is 10.4 Å². The number of rotatable bonds is 4. The minimum absolute atomic E-state index is 0.0668. The summed E-state index contributed by atoms with van der Waals surface area (Å²) in [6.07, 6.45) is 0.249. The number of aromatic carboxylic acids is 1. The summed E-state index contributed by atoms with van der Waals surface area (Å²) < 4.78 is 0.551. The topological polar surface area (TPSA) is 106 Å². The Labute approximate surface area is 122 Å². The molecule has 0 aliphatic carbocycles. The van der Waals surface area contributed by atoms with Crippen LogP contribution >= 0.6 is 15.9 Å². The minimum Gasteiger partial charge on any atom is -0.478 e. The van der Waals surface area contributed by atoms with Gasteiger partial charge in [0.25, 0.3) is 0 Å². The van der Waals surface area contributed by atoms with Gasteiger partial charge in [0.2, 0.25) is 5.91 Å². The Kier molecular flexibility index (Phi) is 4.26. The van der Waals surface area contributed by atoms with E-state index < -0.39 is 5.97 Å². The number of hydrogen-bond donors (Lipinski definition) is 1. The molecule has 0 saturated carbocycles. The third-order valence-corrected chi connectivity index (χ3v) is 3.74. The van der Waals surface area contributed by atoms with Crippen LogP contribution in [0.3, 0.4) is 0 Å². The van der Waals surface area contributed by atoms with Crippen molar-refractivity contribution in [2.75, 3.05) is 18.0 Å². The number of carbonyl (C=O) groups is 2. The number of para-hydroxylation sites is 1. The van der Waals surface area contributed by atoms with Gasteiger partial charge in [-0.25, -0.2) is 4.79 Å². The molecule has 1 saturated heterocycles. The standard InChI is InChI=1S/C12H11BrN4O3/c13-9-3-1-2-8(12(19)20)11(9)17-6-7(4-10(17)18)5-15-16-14/h1-3,7H,4-6H2,(H,19,20). The van der Waals surface area contributed by atoms with Gasteiger partial charge >= 0.3 is 5.97 Å². The molecule has 1 N–H and O–H groups in total. The first-order valence-electron chi connectivity index (χ1n) is 5.87. The van der Waals surface area contributed by atoms with Gasteiger partial charge in [-0.3, -0.25) is 4.79 Å². The van der Waals surface area contributed by atoms with E-state index in [1.165, 1.54) is 11.0 Å². The van der Waals surface area contributed by atoms with Crippen molar-refractivity contribution in [2.24, 2.45) is 11.0 Å². The lowest BCUT2D eigenvalue weighted by Gasteiger charge is -2.20. The van der Waals surface area contributed by atoms with E-state index in [9.17, 15) is 14.7 Å². The minimum atomic E-state index is -1.09. The zero-order valence-electron chi connectivity index (χ0n) is 10.4. The largest absolute Gasteiger partial charge is 0.478 e. The first-order valence-corrected chi connectivity index (χ1v) is 6.67. The van der Waals surface area contributed by atoms with Gasteiger partial charge in [-0.1, -0.05) is 11.2 Å². The van der Waals surface area contributed by atoms with Crippen LogP contribution in [0.2, 0.25) is 0 Å². The van der Waals surface area contributed by atoms with Gasteiger partial charge in [-0.2, -0.15) is 0 Å². The molecule has 0 spiro atoms. The molecule has 1 aromatic carbocycles. The molecular formula is C12H11BrN4O3. The molecule has 1 fully saturated rings. The maximum Gasteiger partial charge on any atom is 0.337 e. The van der Waals surface area contributed by atoms with Crippen molar-refractivity contribution in [3.8, 4) is 0 Å². The molecule has 0 bridgehead atoms. The second-order valence-electron chi connectivity index (χ2n) is 4.43. The van der Waals surface area contributed by atoms with E-state index >= 15 is 0 Å². The first-order chi connectivity index (χ1) is 9.54. The number of amides is 1. The lowest BCUT2D eigenvalue weighted by atomic mass is 10.1. The number of benzene rings is 1. The van der Waals surface area contributed by atoms with Crippen LogP contribution in [0.4, 0.5) is 5.69 Å². The summed E-state index contributed by atoms with van der Waals surface area (Å²) in [4.78, 5) is 27.4. The van der Waals surface area contributed by atoms with Crippen molar-refractivity contribution in [1.29, 1.82) is 0 Å². The molecule has 20 heavy (non-hydrogen) atoms. The molecule has 104 valence electrons. The third-order valence-electron chi connectivity index (χ3n) is 3.10. The van der Waals surface area contributed by atoms with E-state index in [4.69, 9.17) is 5.53 Å². The van der Waals surface area contributed by atoms with Crippen molar-refractivity contribution in [1.82, 2.24) is 0 Å². The Bertz CT molecular complexity index is 613. The molecule has 0 aromatic heterocycles. The third kappa shape index (κ3) is 2.76. The summed E-state index contributed by atoms with van der Waals surface area (Å²) in [5, 5.41) is 12.7. The Morgan fingerprint density at radius 2 is 2.35 bits per heavy atom. The summed E-state index contributed by atoms with van der Waals surface area (Å²) in [5.41, 5.74) is 8.73. The van der Waals surface area contributed by atoms with E-state index in [2.05, 4.69) is 26.0 Å². The number of anilines is 1. The molecule has 1 atom stereocenters. The number of carbonyl (C=O) groups excluding carboxylic acids is 1. The Hall–Kier alpha value is -2.05. The molecule has 2 rings (SSSR count). The second kappa shape index (κ2) is 5.94. The van der Waals surface area contributed by atoms with Crippen LogP contribution < -0.4 is 4.90 Å². The number of azide groups is 1. The smallest absolute Gasteiger partial charge is 0.337 e. The zero-order chi connectivity index (χ0) is 14.7. The quantitative estimate of drug-likeness (QED) is 0.518. The average molecular weight is 339 g/mol. The summed E-state index contributed by atoms with van der Waals surface area (Å²) in [7, 11) is 0. The van der Waals surface area contributed by atoms with Crippen LogP contribution in [0.15, 0.2) is 27.8 Å². The summed E-state index contributed by atoms with van der Waals surface area (Å²) >= 11 is 3.29. The van der Waals surface area contributed by atoms with Gasteiger partial charge < -0.3 is 10.0 Å². The zero-order valence-corrected chi connectivity index (χ0v) is 11.9. The van der Waals surface area contributed by atoms with E-state index in [1.54, 1.807) is 12.1 Å². The second-order valence-corrected chi connectivity index (χ2v) is 5.28. The Morgan fingerprint density at radius 3 is 3.00 bits per heavy atom. The molecule has 8 heteroatoms. The van der Waals surface area contributed by atoms with Gasteiger partial charge in [-0.05, 0) is 39.5 Å². The predicted molar refractivity (Wildman–Crippen MR) is 75.6 cm³/mol. The molecular weight excluding hydrogens is 328 g/mol. The van der Waals surface area contributed by atoms with E-state index in [0.717, 1.165) is 0 Å². The predicted octanol–water partition coefficient (Wildman–Crippen LogP) is 2.81.